The molecule has 1 fully saturated rings. The molecule has 21 heavy (non-hydrogen) atoms. The standard InChI is InChI=1S/C11H14FN3O4S.ClH/c1-8-7-13-5-6-14(8)20(18,19)11-9(12)3-2-4-10(11)15(16)17;/h2-4,8,13H,5-7H2,1H3;1H/t8-;/m1./s1. The van der Waals surface area contributed by atoms with E-state index in [0.29, 0.717) is 13.1 Å². The molecule has 1 atom stereocenters. The van der Waals surface area contributed by atoms with Crippen LogP contribution in [0, 0.1) is 15.9 Å². The van der Waals surface area contributed by atoms with E-state index in [1.807, 2.05) is 0 Å². The predicted molar refractivity (Wildman–Crippen MR) is 76.5 cm³/mol. The summed E-state index contributed by atoms with van der Waals surface area (Å²) in [5.41, 5.74) is -0.740. The average Bonchev–Trinajstić information content (AvgIpc) is 2.38. The summed E-state index contributed by atoms with van der Waals surface area (Å²) in [4.78, 5) is 9.18. The van der Waals surface area contributed by atoms with Gasteiger partial charge in [0.15, 0.2) is 4.90 Å². The highest BCUT2D eigenvalue weighted by Gasteiger charge is 2.38. The fourth-order valence-electron chi connectivity index (χ4n) is 2.19. The van der Waals surface area contributed by atoms with Crippen molar-refractivity contribution in [1.29, 1.82) is 0 Å². The second-order valence-corrected chi connectivity index (χ2v) is 6.34. The summed E-state index contributed by atoms with van der Waals surface area (Å²) in [6, 6.07) is 2.62. The number of halogens is 2. The van der Waals surface area contributed by atoms with Crippen LogP contribution >= 0.6 is 12.4 Å². The van der Waals surface area contributed by atoms with Gasteiger partial charge in [0.2, 0.25) is 0 Å². The van der Waals surface area contributed by atoms with Crippen molar-refractivity contribution in [1.82, 2.24) is 9.62 Å². The van der Waals surface area contributed by atoms with E-state index in [1.54, 1.807) is 6.92 Å². The number of nitrogens with zero attached hydrogens (tertiary/aromatic N) is 2. The summed E-state index contributed by atoms with van der Waals surface area (Å²) < 4.78 is 39.9. The second-order valence-electron chi connectivity index (χ2n) is 4.51. The van der Waals surface area contributed by atoms with Crippen molar-refractivity contribution in [2.75, 3.05) is 19.6 Å². The third kappa shape index (κ3) is 3.31. The van der Waals surface area contributed by atoms with Gasteiger partial charge in [-0.3, -0.25) is 10.1 Å². The summed E-state index contributed by atoms with van der Waals surface area (Å²) in [5.74, 6) is -1.11. The first-order chi connectivity index (χ1) is 9.35. The fraction of sp³-hybridized carbons (Fsp3) is 0.455. The van der Waals surface area contributed by atoms with E-state index < -0.39 is 37.4 Å². The molecule has 0 aromatic heterocycles. The van der Waals surface area contributed by atoms with Crippen molar-refractivity contribution in [2.24, 2.45) is 0 Å². The van der Waals surface area contributed by atoms with Crippen LogP contribution in [0.15, 0.2) is 23.1 Å². The van der Waals surface area contributed by atoms with Gasteiger partial charge >= 0.3 is 0 Å². The normalized spacial score (nSPS) is 19.8. The molecule has 1 heterocycles. The molecule has 10 heteroatoms. The van der Waals surface area contributed by atoms with Crippen LogP contribution in [0.25, 0.3) is 0 Å². The van der Waals surface area contributed by atoms with Crippen molar-refractivity contribution < 1.29 is 17.7 Å². The monoisotopic (exact) mass is 339 g/mol. The van der Waals surface area contributed by atoms with Gasteiger partial charge in [0.1, 0.15) is 5.82 Å². The number of nitrogens with one attached hydrogen (secondary N) is 1. The first kappa shape index (κ1) is 17.8. The van der Waals surface area contributed by atoms with Gasteiger partial charge in [-0.1, -0.05) is 6.07 Å². The van der Waals surface area contributed by atoms with Crippen LogP contribution in [0.1, 0.15) is 6.92 Å². The lowest BCUT2D eigenvalue weighted by atomic mass is 10.3. The Labute approximate surface area is 127 Å². The lowest BCUT2D eigenvalue weighted by Gasteiger charge is -2.32. The molecule has 1 aromatic carbocycles. The van der Waals surface area contributed by atoms with E-state index in [0.717, 1.165) is 22.5 Å². The Balaban J connectivity index is 0.00000220. The quantitative estimate of drug-likeness (QED) is 0.658. The van der Waals surface area contributed by atoms with Crippen LogP contribution in [0.4, 0.5) is 10.1 Å². The van der Waals surface area contributed by atoms with Crippen LogP contribution < -0.4 is 5.32 Å². The topological polar surface area (TPSA) is 92.6 Å². The Bertz CT molecular complexity index is 640. The number of sulfonamides is 1. The number of rotatable bonds is 3. The molecule has 1 saturated heterocycles. The molecule has 0 amide bonds. The van der Waals surface area contributed by atoms with Gasteiger partial charge in [0, 0.05) is 31.7 Å². The predicted octanol–water partition coefficient (Wildman–Crippen LogP) is 1.14. The van der Waals surface area contributed by atoms with Crippen molar-refractivity contribution in [2.45, 2.75) is 17.9 Å². The van der Waals surface area contributed by atoms with E-state index >= 15 is 0 Å². The number of hydrogen-bond acceptors (Lipinski definition) is 5. The number of nitro benzene ring substituents is 1. The van der Waals surface area contributed by atoms with Gasteiger partial charge in [-0.15, -0.1) is 12.4 Å². The van der Waals surface area contributed by atoms with Gasteiger partial charge in [-0.05, 0) is 13.0 Å². The lowest BCUT2D eigenvalue weighted by Crippen LogP contribution is -2.52. The summed E-state index contributed by atoms with van der Waals surface area (Å²) in [7, 11) is -4.24. The van der Waals surface area contributed by atoms with E-state index in [4.69, 9.17) is 0 Å². The largest absolute Gasteiger partial charge is 0.314 e. The Hall–Kier alpha value is -1.29. The molecule has 1 aliphatic heterocycles. The molecule has 0 aliphatic carbocycles. The molecule has 1 N–H and O–H groups in total. The number of piperazine rings is 1. The number of hydrogen-bond donors (Lipinski definition) is 1. The van der Waals surface area contributed by atoms with Gasteiger partial charge in [0.25, 0.3) is 15.7 Å². The van der Waals surface area contributed by atoms with Crippen molar-refractivity contribution in [3.63, 3.8) is 0 Å². The van der Waals surface area contributed by atoms with E-state index in [1.165, 1.54) is 0 Å². The highest BCUT2D eigenvalue weighted by atomic mass is 35.5. The third-order valence-corrected chi connectivity index (χ3v) is 5.23. The first-order valence-corrected chi connectivity index (χ1v) is 7.45. The van der Waals surface area contributed by atoms with Crippen LogP contribution in [0.5, 0.6) is 0 Å². The summed E-state index contributed by atoms with van der Waals surface area (Å²) in [6.07, 6.45) is 0. The van der Waals surface area contributed by atoms with Gasteiger partial charge in [-0.2, -0.15) is 4.31 Å². The summed E-state index contributed by atoms with van der Waals surface area (Å²) in [5, 5.41) is 13.9. The number of nitro groups is 1. The molecule has 2 rings (SSSR count). The molecular weight excluding hydrogens is 325 g/mol. The Kier molecular flexibility index (Phi) is 5.62. The Morgan fingerprint density at radius 3 is 2.71 bits per heavy atom. The molecule has 0 unspecified atom stereocenters. The van der Waals surface area contributed by atoms with Crippen molar-refractivity contribution in [3.05, 3.63) is 34.1 Å². The summed E-state index contributed by atoms with van der Waals surface area (Å²) >= 11 is 0. The minimum atomic E-state index is -4.24. The Morgan fingerprint density at radius 1 is 1.48 bits per heavy atom. The summed E-state index contributed by atoms with van der Waals surface area (Å²) in [6.45, 7) is 2.65. The van der Waals surface area contributed by atoms with E-state index in [9.17, 15) is 22.9 Å². The first-order valence-electron chi connectivity index (χ1n) is 6.01. The average molecular weight is 340 g/mol. The number of benzene rings is 1. The lowest BCUT2D eigenvalue weighted by molar-refractivity contribution is -0.388. The molecule has 7 nitrogen and oxygen atoms in total. The van der Waals surface area contributed by atoms with Crippen LogP contribution in [0.2, 0.25) is 0 Å². The highest BCUT2D eigenvalue weighted by molar-refractivity contribution is 7.89. The maximum atomic E-state index is 13.9. The minimum Gasteiger partial charge on any atom is -0.314 e. The molecule has 1 aromatic rings. The third-order valence-electron chi connectivity index (χ3n) is 3.15. The van der Waals surface area contributed by atoms with Crippen LogP contribution in [-0.4, -0.2) is 43.3 Å². The van der Waals surface area contributed by atoms with Crippen molar-refractivity contribution >= 4 is 28.1 Å². The zero-order valence-corrected chi connectivity index (χ0v) is 12.8. The SMILES string of the molecule is C[C@@H]1CNCCN1S(=O)(=O)c1c(F)cccc1[N+](=O)[O-].Cl. The molecule has 0 saturated carbocycles. The van der Waals surface area contributed by atoms with Crippen LogP contribution in [0.3, 0.4) is 0 Å². The highest BCUT2D eigenvalue weighted by Crippen LogP contribution is 2.30. The van der Waals surface area contributed by atoms with E-state index in [2.05, 4.69) is 5.32 Å². The van der Waals surface area contributed by atoms with Crippen LogP contribution in [-0.2, 0) is 10.0 Å². The maximum Gasteiger partial charge on any atom is 0.292 e. The van der Waals surface area contributed by atoms with Gasteiger partial charge in [-0.25, -0.2) is 12.8 Å². The molecule has 118 valence electrons. The minimum absolute atomic E-state index is 0. The molecule has 0 spiro atoms. The smallest absolute Gasteiger partial charge is 0.292 e. The fourth-order valence-corrected chi connectivity index (χ4v) is 4.03. The maximum absolute atomic E-state index is 13.9. The second kappa shape index (κ2) is 6.65. The Morgan fingerprint density at radius 2 is 2.14 bits per heavy atom. The van der Waals surface area contributed by atoms with Crippen molar-refractivity contribution in [3.8, 4) is 0 Å². The zero-order chi connectivity index (χ0) is 14.9. The van der Waals surface area contributed by atoms with E-state index in [-0.39, 0.29) is 19.0 Å². The molecule has 1 aliphatic rings. The molecule has 0 radical (unpaired) electrons. The zero-order valence-electron chi connectivity index (χ0n) is 11.2. The van der Waals surface area contributed by atoms with Gasteiger partial charge in [0.05, 0.1) is 4.92 Å². The molecule has 0 bridgehead atoms. The molecular formula is C11H15ClFN3O4S. The van der Waals surface area contributed by atoms with Gasteiger partial charge < -0.3 is 5.32 Å².